The van der Waals surface area contributed by atoms with Gasteiger partial charge in [0.25, 0.3) is 0 Å². The number of nitrogens with zero attached hydrogens (tertiary/aromatic N) is 3. The molecule has 20 heavy (non-hydrogen) atoms. The smallest absolute Gasteiger partial charge is 0.134 e. The van der Waals surface area contributed by atoms with Gasteiger partial charge in [0, 0.05) is 16.8 Å². The van der Waals surface area contributed by atoms with E-state index in [0.29, 0.717) is 13.0 Å². The van der Waals surface area contributed by atoms with Gasteiger partial charge >= 0.3 is 0 Å². The van der Waals surface area contributed by atoms with E-state index in [1.165, 1.54) is 5.56 Å². The molecule has 0 saturated carbocycles. The molecule has 2 aromatic heterocycles. The van der Waals surface area contributed by atoms with E-state index in [2.05, 4.69) is 24.2 Å². The Morgan fingerprint density at radius 3 is 2.20 bits per heavy atom. The second-order valence-electron chi connectivity index (χ2n) is 4.79. The third kappa shape index (κ3) is 3.41. The Morgan fingerprint density at radius 2 is 1.75 bits per heavy atom. The van der Waals surface area contributed by atoms with Gasteiger partial charge in [-0.3, -0.25) is 0 Å². The maximum atomic E-state index is 5.71. The summed E-state index contributed by atoms with van der Waals surface area (Å²) in [6.45, 7) is 6.94. The lowest BCUT2D eigenvalue weighted by Crippen LogP contribution is -2.13. The average Bonchev–Trinajstić information content (AvgIpc) is 2.85. The second-order valence-corrected chi connectivity index (χ2v) is 5.85. The van der Waals surface area contributed by atoms with Crippen LogP contribution in [-0.4, -0.2) is 21.5 Å². The summed E-state index contributed by atoms with van der Waals surface area (Å²) in [6, 6.07) is 0. The molecule has 0 unspecified atom stereocenters. The Hall–Kier alpha value is -1.33. The largest absolute Gasteiger partial charge is 0.330 e. The molecular weight excluding hydrogens is 268 g/mol. The summed E-state index contributed by atoms with van der Waals surface area (Å²) in [4.78, 5) is 13.9. The highest BCUT2D eigenvalue weighted by Crippen LogP contribution is 2.17. The van der Waals surface area contributed by atoms with Crippen LogP contribution < -0.4 is 5.73 Å². The fraction of sp³-hybridized carbons (Fsp3) is 0.533. The Bertz CT molecular complexity index is 552. The first-order valence-corrected chi connectivity index (χ1v) is 8.04. The monoisotopic (exact) mass is 290 g/mol. The summed E-state index contributed by atoms with van der Waals surface area (Å²) >= 11 is 1.67. The SMILES string of the molecule is CCc1nc(Cc2csc(C)n2)nc(CC)c1CCN. The summed E-state index contributed by atoms with van der Waals surface area (Å²) in [5.41, 5.74) is 10.3. The van der Waals surface area contributed by atoms with E-state index < -0.39 is 0 Å². The van der Waals surface area contributed by atoms with Crippen LogP contribution in [0.3, 0.4) is 0 Å². The molecule has 4 nitrogen and oxygen atoms in total. The zero-order chi connectivity index (χ0) is 14.5. The van der Waals surface area contributed by atoms with Crippen molar-refractivity contribution < 1.29 is 0 Å². The van der Waals surface area contributed by atoms with Crippen LogP contribution in [-0.2, 0) is 25.7 Å². The van der Waals surface area contributed by atoms with Crippen LogP contribution >= 0.6 is 11.3 Å². The minimum atomic E-state index is 0.647. The Labute approximate surface area is 124 Å². The summed E-state index contributed by atoms with van der Waals surface area (Å²) < 4.78 is 0. The molecule has 2 N–H and O–H groups in total. The van der Waals surface area contributed by atoms with Gasteiger partial charge in [0.15, 0.2) is 0 Å². The summed E-state index contributed by atoms with van der Waals surface area (Å²) in [5, 5.41) is 3.18. The topological polar surface area (TPSA) is 64.7 Å². The highest BCUT2D eigenvalue weighted by atomic mass is 32.1. The fourth-order valence-electron chi connectivity index (χ4n) is 2.39. The van der Waals surface area contributed by atoms with E-state index in [1.54, 1.807) is 11.3 Å². The molecule has 5 heteroatoms. The second kappa shape index (κ2) is 6.90. The van der Waals surface area contributed by atoms with E-state index in [-0.39, 0.29) is 0 Å². The maximum absolute atomic E-state index is 5.71. The number of rotatable bonds is 6. The standard InChI is InChI=1S/C15H22N4S/c1-4-13-12(6-7-16)14(5-2)19-15(18-13)8-11-9-20-10(3)17-11/h9H,4-8,16H2,1-3H3. The van der Waals surface area contributed by atoms with Crippen LogP contribution in [0.4, 0.5) is 0 Å². The van der Waals surface area contributed by atoms with Crippen molar-refractivity contribution in [3.8, 4) is 0 Å². The van der Waals surface area contributed by atoms with Gasteiger partial charge < -0.3 is 5.73 Å². The molecule has 0 saturated heterocycles. The summed E-state index contributed by atoms with van der Waals surface area (Å²) in [5.74, 6) is 0.879. The predicted octanol–water partition coefficient (Wildman–Crippen LogP) is 2.46. The molecule has 0 fully saturated rings. The number of aryl methyl sites for hydroxylation is 3. The highest BCUT2D eigenvalue weighted by Gasteiger charge is 2.12. The number of hydrogen-bond donors (Lipinski definition) is 1. The van der Waals surface area contributed by atoms with E-state index in [9.17, 15) is 0 Å². The third-order valence-electron chi connectivity index (χ3n) is 3.29. The lowest BCUT2D eigenvalue weighted by Gasteiger charge is -2.12. The lowest BCUT2D eigenvalue weighted by atomic mass is 10.0. The molecule has 0 aliphatic rings. The minimum Gasteiger partial charge on any atom is -0.330 e. The molecular formula is C15H22N4S. The Balaban J connectivity index is 2.34. The van der Waals surface area contributed by atoms with Crippen LogP contribution in [0.2, 0.25) is 0 Å². The van der Waals surface area contributed by atoms with E-state index in [4.69, 9.17) is 15.7 Å². The first-order valence-electron chi connectivity index (χ1n) is 7.16. The summed E-state index contributed by atoms with van der Waals surface area (Å²) in [6.07, 6.45) is 3.43. The molecule has 0 atom stereocenters. The van der Waals surface area contributed by atoms with Crippen molar-refractivity contribution in [1.82, 2.24) is 15.0 Å². The molecule has 0 aliphatic heterocycles. The van der Waals surface area contributed by atoms with Crippen molar-refractivity contribution in [2.75, 3.05) is 6.54 Å². The van der Waals surface area contributed by atoms with Gasteiger partial charge in [-0.15, -0.1) is 11.3 Å². The van der Waals surface area contributed by atoms with Crippen LogP contribution in [0.5, 0.6) is 0 Å². The molecule has 2 aromatic rings. The van der Waals surface area contributed by atoms with Gasteiger partial charge in [0.2, 0.25) is 0 Å². The maximum Gasteiger partial charge on any atom is 0.134 e. The van der Waals surface area contributed by atoms with Crippen molar-refractivity contribution in [3.05, 3.63) is 38.9 Å². The predicted molar refractivity (Wildman–Crippen MR) is 83.2 cm³/mol. The molecule has 2 heterocycles. The molecule has 0 bridgehead atoms. The number of thiazole rings is 1. The zero-order valence-electron chi connectivity index (χ0n) is 12.4. The van der Waals surface area contributed by atoms with Crippen molar-refractivity contribution in [2.24, 2.45) is 5.73 Å². The molecule has 0 spiro atoms. The first kappa shape index (κ1) is 15.1. The highest BCUT2D eigenvalue weighted by molar-refractivity contribution is 7.09. The van der Waals surface area contributed by atoms with Crippen LogP contribution in [0.25, 0.3) is 0 Å². The van der Waals surface area contributed by atoms with Crippen molar-refractivity contribution in [2.45, 2.75) is 46.5 Å². The Kier molecular flexibility index (Phi) is 5.20. The number of nitrogens with two attached hydrogens (primary N) is 1. The zero-order valence-corrected chi connectivity index (χ0v) is 13.3. The molecule has 108 valence electrons. The fourth-order valence-corrected chi connectivity index (χ4v) is 3.00. The summed E-state index contributed by atoms with van der Waals surface area (Å²) in [7, 11) is 0. The van der Waals surface area contributed by atoms with Gasteiger partial charge in [0.1, 0.15) is 5.82 Å². The van der Waals surface area contributed by atoms with Gasteiger partial charge in [-0.2, -0.15) is 0 Å². The Morgan fingerprint density at radius 1 is 1.10 bits per heavy atom. The van der Waals surface area contributed by atoms with Crippen LogP contribution in [0.1, 0.15) is 47.3 Å². The minimum absolute atomic E-state index is 0.647. The first-order chi connectivity index (χ1) is 9.67. The van der Waals surface area contributed by atoms with Gasteiger partial charge in [-0.05, 0) is 38.3 Å². The average molecular weight is 290 g/mol. The van der Waals surface area contributed by atoms with Crippen LogP contribution in [0, 0.1) is 6.92 Å². The number of aromatic nitrogens is 3. The van der Waals surface area contributed by atoms with Crippen LogP contribution in [0.15, 0.2) is 5.38 Å². The lowest BCUT2D eigenvalue weighted by molar-refractivity contribution is 0.798. The number of hydrogen-bond acceptors (Lipinski definition) is 5. The van der Waals surface area contributed by atoms with Crippen molar-refractivity contribution in [1.29, 1.82) is 0 Å². The van der Waals surface area contributed by atoms with Crippen molar-refractivity contribution >= 4 is 11.3 Å². The normalized spacial score (nSPS) is 11.0. The molecule has 0 radical (unpaired) electrons. The van der Waals surface area contributed by atoms with Gasteiger partial charge in [0.05, 0.1) is 17.1 Å². The van der Waals surface area contributed by atoms with E-state index in [1.807, 2.05) is 6.92 Å². The third-order valence-corrected chi connectivity index (χ3v) is 4.12. The molecule has 0 aliphatic carbocycles. The van der Waals surface area contributed by atoms with Gasteiger partial charge in [-0.25, -0.2) is 15.0 Å². The molecule has 2 rings (SSSR count). The molecule has 0 aromatic carbocycles. The van der Waals surface area contributed by atoms with Gasteiger partial charge in [-0.1, -0.05) is 13.8 Å². The quantitative estimate of drug-likeness (QED) is 0.887. The van der Waals surface area contributed by atoms with E-state index in [0.717, 1.165) is 47.2 Å². The van der Waals surface area contributed by atoms with E-state index >= 15 is 0 Å². The van der Waals surface area contributed by atoms with Crippen molar-refractivity contribution in [3.63, 3.8) is 0 Å². The molecule has 0 amide bonds.